The summed E-state index contributed by atoms with van der Waals surface area (Å²) >= 11 is 0. The number of nitrogens with zero attached hydrogens (tertiary/aromatic N) is 2. The van der Waals surface area contributed by atoms with Crippen LogP contribution in [0.1, 0.15) is 20.9 Å². The summed E-state index contributed by atoms with van der Waals surface area (Å²) in [5.74, 6) is -1.53. The van der Waals surface area contributed by atoms with E-state index in [0.717, 1.165) is 32.4 Å². The molecule has 0 atom stereocenters. The van der Waals surface area contributed by atoms with E-state index >= 15 is 0 Å². The van der Waals surface area contributed by atoms with Crippen molar-refractivity contribution in [3.8, 4) is 0 Å². The van der Waals surface area contributed by atoms with Crippen LogP contribution < -0.4 is 5.43 Å². The molecule has 1 aromatic heterocycles. The SMILES string of the molecule is CN1CCN(NC(=O)c2cc(C(=O)O)co2)CC1. The Morgan fingerprint density at radius 2 is 2.00 bits per heavy atom. The van der Waals surface area contributed by atoms with Gasteiger partial charge >= 0.3 is 11.9 Å². The maximum atomic E-state index is 11.8. The number of hydrazine groups is 1. The average Bonchev–Trinajstić information content (AvgIpc) is 2.81. The lowest BCUT2D eigenvalue weighted by atomic mass is 10.3. The van der Waals surface area contributed by atoms with Gasteiger partial charge in [0.25, 0.3) is 0 Å². The summed E-state index contributed by atoms with van der Waals surface area (Å²) in [5, 5.41) is 10.5. The number of amides is 1. The molecule has 2 N–H and O–H groups in total. The van der Waals surface area contributed by atoms with E-state index in [0.29, 0.717) is 0 Å². The highest BCUT2D eigenvalue weighted by atomic mass is 16.4. The number of piperazine rings is 1. The first-order valence-corrected chi connectivity index (χ1v) is 5.62. The van der Waals surface area contributed by atoms with Crippen molar-refractivity contribution in [1.29, 1.82) is 0 Å². The number of carboxylic acid groups (broad SMARTS) is 1. The van der Waals surface area contributed by atoms with Gasteiger partial charge in [0.05, 0.1) is 5.56 Å². The normalized spacial score (nSPS) is 17.6. The first-order chi connectivity index (χ1) is 8.56. The Hall–Kier alpha value is -1.86. The monoisotopic (exact) mass is 253 g/mol. The van der Waals surface area contributed by atoms with Crippen LogP contribution in [-0.2, 0) is 0 Å². The zero-order valence-corrected chi connectivity index (χ0v) is 10.0. The molecule has 0 aromatic carbocycles. The van der Waals surface area contributed by atoms with Gasteiger partial charge in [-0.05, 0) is 7.05 Å². The molecule has 1 aliphatic heterocycles. The van der Waals surface area contributed by atoms with E-state index < -0.39 is 11.9 Å². The number of carbonyl (C=O) groups is 2. The number of hydrogen-bond acceptors (Lipinski definition) is 5. The largest absolute Gasteiger partial charge is 0.478 e. The van der Waals surface area contributed by atoms with Crippen LogP contribution >= 0.6 is 0 Å². The van der Waals surface area contributed by atoms with Crippen LogP contribution in [0.3, 0.4) is 0 Å². The van der Waals surface area contributed by atoms with Gasteiger partial charge in [-0.25, -0.2) is 9.80 Å². The van der Waals surface area contributed by atoms with Gasteiger partial charge in [0.2, 0.25) is 0 Å². The molecule has 1 aliphatic rings. The fourth-order valence-corrected chi connectivity index (χ4v) is 1.68. The van der Waals surface area contributed by atoms with Gasteiger partial charge < -0.3 is 14.4 Å². The fraction of sp³-hybridized carbons (Fsp3) is 0.455. The topological polar surface area (TPSA) is 86.0 Å². The number of carboxylic acids is 1. The number of rotatable bonds is 3. The molecular formula is C11H15N3O4. The molecule has 0 saturated carbocycles. The minimum Gasteiger partial charge on any atom is -0.478 e. The molecule has 98 valence electrons. The molecule has 1 aromatic rings. The van der Waals surface area contributed by atoms with Crippen molar-refractivity contribution < 1.29 is 19.1 Å². The Labute approximate surface area is 104 Å². The van der Waals surface area contributed by atoms with E-state index in [-0.39, 0.29) is 11.3 Å². The minimum atomic E-state index is -1.11. The number of furan rings is 1. The molecule has 2 heterocycles. The zero-order valence-electron chi connectivity index (χ0n) is 10.0. The summed E-state index contributed by atoms with van der Waals surface area (Å²) < 4.78 is 4.92. The summed E-state index contributed by atoms with van der Waals surface area (Å²) in [6.07, 6.45) is 1.06. The first kappa shape index (κ1) is 12.6. The summed E-state index contributed by atoms with van der Waals surface area (Å²) in [4.78, 5) is 24.6. The van der Waals surface area contributed by atoms with Crippen LogP contribution in [0.25, 0.3) is 0 Å². The number of aromatic carboxylic acids is 1. The third-order valence-electron chi connectivity index (χ3n) is 2.83. The summed E-state index contributed by atoms with van der Waals surface area (Å²) in [7, 11) is 2.02. The van der Waals surface area contributed by atoms with E-state index in [9.17, 15) is 9.59 Å². The lowest BCUT2D eigenvalue weighted by Gasteiger charge is -2.32. The van der Waals surface area contributed by atoms with E-state index in [2.05, 4.69) is 10.3 Å². The molecule has 7 heteroatoms. The molecule has 0 spiro atoms. The van der Waals surface area contributed by atoms with Crippen molar-refractivity contribution in [1.82, 2.24) is 15.3 Å². The van der Waals surface area contributed by atoms with Gasteiger partial charge in [-0.1, -0.05) is 0 Å². The highest BCUT2D eigenvalue weighted by molar-refractivity contribution is 5.95. The van der Waals surface area contributed by atoms with E-state index in [1.165, 1.54) is 6.07 Å². The maximum Gasteiger partial charge on any atom is 0.338 e. The first-order valence-electron chi connectivity index (χ1n) is 5.62. The highest BCUT2D eigenvalue weighted by Crippen LogP contribution is 2.08. The lowest BCUT2D eigenvalue weighted by molar-refractivity contribution is 0.0636. The molecule has 0 unspecified atom stereocenters. The Balaban J connectivity index is 1.93. The second kappa shape index (κ2) is 5.19. The molecule has 2 rings (SSSR count). The lowest BCUT2D eigenvalue weighted by Crippen LogP contribution is -2.52. The third kappa shape index (κ3) is 2.88. The van der Waals surface area contributed by atoms with Gasteiger partial charge in [-0.3, -0.25) is 10.2 Å². The number of carbonyl (C=O) groups excluding carboxylic acids is 1. The zero-order chi connectivity index (χ0) is 13.1. The smallest absolute Gasteiger partial charge is 0.338 e. The van der Waals surface area contributed by atoms with Crippen LogP contribution in [0.15, 0.2) is 16.7 Å². The summed E-state index contributed by atoms with van der Waals surface area (Å²) in [5.41, 5.74) is 2.66. The van der Waals surface area contributed by atoms with E-state index in [1.807, 2.05) is 7.05 Å². The van der Waals surface area contributed by atoms with Crippen molar-refractivity contribution in [3.63, 3.8) is 0 Å². The molecule has 0 radical (unpaired) electrons. The van der Waals surface area contributed by atoms with Crippen LogP contribution in [0, 0.1) is 0 Å². The highest BCUT2D eigenvalue weighted by Gasteiger charge is 2.19. The van der Waals surface area contributed by atoms with Crippen molar-refractivity contribution in [3.05, 3.63) is 23.7 Å². The van der Waals surface area contributed by atoms with Gasteiger partial charge in [0.1, 0.15) is 6.26 Å². The Morgan fingerprint density at radius 3 is 2.56 bits per heavy atom. The van der Waals surface area contributed by atoms with E-state index in [1.54, 1.807) is 5.01 Å². The Morgan fingerprint density at radius 1 is 1.33 bits per heavy atom. The number of likely N-dealkylation sites (N-methyl/N-ethyl adjacent to an activating group) is 1. The molecule has 1 amide bonds. The molecular weight excluding hydrogens is 238 g/mol. The second-order valence-corrected chi connectivity index (χ2v) is 4.24. The second-order valence-electron chi connectivity index (χ2n) is 4.24. The van der Waals surface area contributed by atoms with Gasteiger partial charge in [-0.15, -0.1) is 0 Å². The summed E-state index contributed by atoms with van der Waals surface area (Å²) in [6.45, 7) is 3.21. The fourth-order valence-electron chi connectivity index (χ4n) is 1.68. The molecule has 18 heavy (non-hydrogen) atoms. The Bertz CT molecular complexity index is 449. The Kier molecular flexibility index (Phi) is 3.63. The standard InChI is InChI=1S/C11H15N3O4/c1-13-2-4-14(5-3-13)12-10(15)9-6-8(7-18-9)11(16)17/h6-7H,2-5H2,1H3,(H,12,15)(H,16,17). The number of hydrogen-bond donors (Lipinski definition) is 2. The van der Waals surface area contributed by atoms with Crippen LogP contribution in [0.5, 0.6) is 0 Å². The minimum absolute atomic E-state index is 0.00586. The quantitative estimate of drug-likeness (QED) is 0.780. The van der Waals surface area contributed by atoms with Crippen molar-refractivity contribution in [2.24, 2.45) is 0 Å². The summed E-state index contributed by atoms with van der Waals surface area (Å²) in [6, 6.07) is 1.22. The van der Waals surface area contributed by atoms with Gasteiger partial charge in [-0.2, -0.15) is 0 Å². The maximum absolute atomic E-state index is 11.8. The molecule has 7 nitrogen and oxygen atoms in total. The number of nitrogens with one attached hydrogen (secondary N) is 1. The molecule has 1 saturated heterocycles. The molecule has 0 bridgehead atoms. The van der Waals surface area contributed by atoms with Crippen LogP contribution in [0.2, 0.25) is 0 Å². The molecule has 1 fully saturated rings. The van der Waals surface area contributed by atoms with Crippen molar-refractivity contribution >= 4 is 11.9 Å². The van der Waals surface area contributed by atoms with Gasteiger partial charge in [0.15, 0.2) is 5.76 Å². The third-order valence-corrected chi connectivity index (χ3v) is 2.83. The van der Waals surface area contributed by atoms with Crippen molar-refractivity contribution in [2.75, 3.05) is 33.2 Å². The predicted octanol–water partition coefficient (Wildman–Crippen LogP) is -0.130. The van der Waals surface area contributed by atoms with Crippen molar-refractivity contribution in [2.45, 2.75) is 0 Å². The van der Waals surface area contributed by atoms with Crippen LogP contribution in [0.4, 0.5) is 0 Å². The average molecular weight is 253 g/mol. The van der Waals surface area contributed by atoms with Gasteiger partial charge in [0, 0.05) is 32.2 Å². The van der Waals surface area contributed by atoms with Crippen LogP contribution in [-0.4, -0.2) is 60.1 Å². The van der Waals surface area contributed by atoms with E-state index in [4.69, 9.17) is 9.52 Å². The molecule has 0 aliphatic carbocycles. The predicted molar refractivity (Wildman–Crippen MR) is 62.2 cm³/mol.